The fourth-order valence-electron chi connectivity index (χ4n) is 1.23. The maximum absolute atomic E-state index is 11.8. The van der Waals surface area contributed by atoms with Gasteiger partial charge in [-0.05, 0) is 12.1 Å². The number of amides is 1. The summed E-state index contributed by atoms with van der Waals surface area (Å²) in [6.07, 6.45) is 2.44. The van der Waals surface area contributed by atoms with Gasteiger partial charge in [0, 0.05) is 0 Å². The Morgan fingerprint density at radius 3 is 2.58 bits per heavy atom. The minimum atomic E-state index is -1.18. The zero-order valence-electron chi connectivity index (χ0n) is 9.37. The average Bonchev–Trinajstić information content (AvgIpc) is 2.39. The Morgan fingerprint density at radius 1 is 1.16 bits per heavy atom. The van der Waals surface area contributed by atoms with Crippen molar-refractivity contribution in [3.63, 3.8) is 0 Å². The molecule has 8 heteroatoms. The lowest BCUT2D eigenvalue weighted by atomic mass is 10.3. The van der Waals surface area contributed by atoms with Gasteiger partial charge in [0.1, 0.15) is 16.7 Å². The number of anilines is 1. The van der Waals surface area contributed by atoms with Gasteiger partial charge in [-0.25, -0.2) is 19.7 Å². The van der Waals surface area contributed by atoms with Crippen LogP contribution in [-0.2, 0) is 0 Å². The molecule has 96 valence electrons. The van der Waals surface area contributed by atoms with Crippen LogP contribution in [0.2, 0.25) is 5.15 Å². The van der Waals surface area contributed by atoms with E-state index in [1.54, 1.807) is 0 Å². The number of halogens is 1. The molecule has 0 aliphatic carbocycles. The van der Waals surface area contributed by atoms with Crippen LogP contribution in [0.4, 0.5) is 5.82 Å². The molecule has 0 aromatic carbocycles. The lowest BCUT2D eigenvalue weighted by Crippen LogP contribution is -2.15. The molecular weight excluding hydrogens is 272 g/mol. The van der Waals surface area contributed by atoms with E-state index >= 15 is 0 Å². The lowest BCUT2D eigenvalue weighted by molar-refractivity contribution is 0.0690. The van der Waals surface area contributed by atoms with Gasteiger partial charge in [-0.3, -0.25) is 4.79 Å². The maximum atomic E-state index is 11.8. The van der Waals surface area contributed by atoms with Crippen LogP contribution >= 0.6 is 11.6 Å². The highest BCUT2D eigenvalue weighted by atomic mass is 35.5. The molecular formula is C11H7ClN4O3. The summed E-state index contributed by atoms with van der Waals surface area (Å²) >= 11 is 5.55. The predicted molar refractivity (Wildman–Crippen MR) is 66.2 cm³/mol. The fraction of sp³-hybridized carbons (Fsp3) is 0. The normalized spacial score (nSPS) is 9.95. The standard InChI is InChI=1S/C11H7ClN4O3/c12-8-5-13-7(4-14-8)10(17)16-9-3-1-2-6(15-9)11(18)19/h1-5H,(H,18,19)(H,15,16,17). The number of carboxylic acid groups (broad SMARTS) is 1. The Bertz CT molecular complexity index is 630. The molecule has 0 radical (unpaired) electrons. The van der Waals surface area contributed by atoms with Gasteiger partial charge in [-0.2, -0.15) is 0 Å². The van der Waals surface area contributed by atoms with Crippen molar-refractivity contribution >= 4 is 29.3 Å². The van der Waals surface area contributed by atoms with Gasteiger partial charge in [0.15, 0.2) is 5.69 Å². The van der Waals surface area contributed by atoms with Crippen LogP contribution in [0.25, 0.3) is 0 Å². The Morgan fingerprint density at radius 2 is 1.95 bits per heavy atom. The van der Waals surface area contributed by atoms with Crippen LogP contribution in [0.1, 0.15) is 21.0 Å². The fourth-order valence-corrected chi connectivity index (χ4v) is 1.33. The molecule has 19 heavy (non-hydrogen) atoms. The van der Waals surface area contributed by atoms with Crippen LogP contribution in [0, 0.1) is 0 Å². The van der Waals surface area contributed by atoms with E-state index in [1.165, 1.54) is 30.6 Å². The molecule has 2 aromatic heterocycles. The summed E-state index contributed by atoms with van der Waals surface area (Å²) in [4.78, 5) is 33.7. The van der Waals surface area contributed by atoms with Gasteiger partial charge in [0.05, 0.1) is 12.4 Å². The quantitative estimate of drug-likeness (QED) is 0.881. The van der Waals surface area contributed by atoms with Gasteiger partial charge in [-0.1, -0.05) is 17.7 Å². The average molecular weight is 279 g/mol. The van der Waals surface area contributed by atoms with E-state index in [2.05, 4.69) is 20.3 Å². The van der Waals surface area contributed by atoms with Crippen molar-refractivity contribution in [2.24, 2.45) is 0 Å². The molecule has 0 bridgehead atoms. The summed E-state index contributed by atoms with van der Waals surface area (Å²) < 4.78 is 0. The van der Waals surface area contributed by atoms with E-state index in [1.807, 2.05) is 0 Å². The third-order valence-corrected chi connectivity index (χ3v) is 2.26. The molecule has 0 atom stereocenters. The van der Waals surface area contributed by atoms with Gasteiger partial charge >= 0.3 is 5.97 Å². The third kappa shape index (κ3) is 3.23. The zero-order valence-corrected chi connectivity index (χ0v) is 10.1. The van der Waals surface area contributed by atoms with E-state index in [0.717, 1.165) is 0 Å². The Hall–Kier alpha value is -2.54. The molecule has 2 heterocycles. The summed E-state index contributed by atoms with van der Waals surface area (Å²) in [5.74, 6) is -1.62. The van der Waals surface area contributed by atoms with E-state index in [4.69, 9.17) is 16.7 Å². The Labute approximate surface area is 112 Å². The second-order valence-corrected chi connectivity index (χ2v) is 3.78. The number of hydrogen-bond donors (Lipinski definition) is 2. The molecule has 2 rings (SSSR count). The summed E-state index contributed by atoms with van der Waals surface area (Å²) in [7, 11) is 0. The second-order valence-electron chi connectivity index (χ2n) is 3.39. The number of nitrogens with one attached hydrogen (secondary N) is 1. The van der Waals surface area contributed by atoms with Crippen molar-refractivity contribution in [1.29, 1.82) is 0 Å². The number of aromatic carboxylic acids is 1. The number of rotatable bonds is 3. The Balaban J connectivity index is 2.17. The summed E-state index contributed by atoms with van der Waals surface area (Å²) in [5, 5.41) is 11.4. The van der Waals surface area contributed by atoms with Crippen molar-refractivity contribution in [2.45, 2.75) is 0 Å². The largest absolute Gasteiger partial charge is 0.477 e. The molecule has 0 aliphatic heterocycles. The zero-order chi connectivity index (χ0) is 13.8. The van der Waals surface area contributed by atoms with E-state index in [9.17, 15) is 9.59 Å². The predicted octanol–water partition coefficient (Wildman–Crippen LogP) is 1.48. The first-order valence-corrected chi connectivity index (χ1v) is 5.43. The molecule has 0 aliphatic rings. The highest BCUT2D eigenvalue weighted by Crippen LogP contribution is 2.07. The van der Waals surface area contributed by atoms with Crippen LogP contribution in [0.15, 0.2) is 30.6 Å². The summed E-state index contributed by atoms with van der Waals surface area (Å²) in [5.41, 5.74) is -0.119. The van der Waals surface area contributed by atoms with Crippen molar-refractivity contribution in [1.82, 2.24) is 15.0 Å². The van der Waals surface area contributed by atoms with E-state index < -0.39 is 11.9 Å². The van der Waals surface area contributed by atoms with Gasteiger partial charge in [-0.15, -0.1) is 0 Å². The van der Waals surface area contributed by atoms with Gasteiger partial charge < -0.3 is 10.4 Å². The monoisotopic (exact) mass is 278 g/mol. The summed E-state index contributed by atoms with van der Waals surface area (Å²) in [6, 6.07) is 4.26. The minimum Gasteiger partial charge on any atom is -0.477 e. The first-order chi connectivity index (χ1) is 9.06. The van der Waals surface area contributed by atoms with Crippen LogP contribution < -0.4 is 5.32 Å². The third-order valence-electron chi connectivity index (χ3n) is 2.06. The van der Waals surface area contributed by atoms with Crippen molar-refractivity contribution < 1.29 is 14.7 Å². The molecule has 0 fully saturated rings. The topological polar surface area (TPSA) is 105 Å². The van der Waals surface area contributed by atoms with Crippen molar-refractivity contribution in [3.8, 4) is 0 Å². The molecule has 0 saturated carbocycles. The SMILES string of the molecule is O=C(O)c1cccc(NC(=O)c2cnc(Cl)cn2)n1. The van der Waals surface area contributed by atoms with Crippen molar-refractivity contribution in [2.75, 3.05) is 5.32 Å². The number of hydrogen-bond acceptors (Lipinski definition) is 5. The lowest BCUT2D eigenvalue weighted by Gasteiger charge is -2.04. The molecule has 0 saturated heterocycles. The number of carbonyl (C=O) groups is 2. The van der Waals surface area contributed by atoms with E-state index in [-0.39, 0.29) is 22.4 Å². The van der Waals surface area contributed by atoms with Crippen LogP contribution in [-0.4, -0.2) is 31.9 Å². The molecule has 7 nitrogen and oxygen atoms in total. The number of aromatic nitrogens is 3. The minimum absolute atomic E-state index is 0.0481. The first kappa shape index (κ1) is 12.9. The van der Waals surface area contributed by atoms with Gasteiger partial charge in [0.2, 0.25) is 0 Å². The number of carboxylic acids is 1. The van der Waals surface area contributed by atoms with Crippen molar-refractivity contribution in [3.05, 3.63) is 47.1 Å². The molecule has 2 N–H and O–H groups in total. The van der Waals surface area contributed by atoms with Gasteiger partial charge in [0.25, 0.3) is 5.91 Å². The molecule has 0 unspecified atom stereocenters. The molecule has 1 amide bonds. The number of nitrogens with zero attached hydrogens (tertiary/aromatic N) is 3. The van der Waals surface area contributed by atoms with Crippen LogP contribution in [0.5, 0.6) is 0 Å². The van der Waals surface area contributed by atoms with E-state index in [0.29, 0.717) is 0 Å². The number of carbonyl (C=O) groups excluding carboxylic acids is 1. The smallest absolute Gasteiger partial charge is 0.354 e. The molecule has 2 aromatic rings. The Kier molecular flexibility index (Phi) is 3.67. The number of pyridine rings is 1. The maximum Gasteiger partial charge on any atom is 0.354 e. The molecule has 0 spiro atoms. The highest BCUT2D eigenvalue weighted by Gasteiger charge is 2.10. The second kappa shape index (κ2) is 5.40. The van der Waals surface area contributed by atoms with Crippen LogP contribution in [0.3, 0.4) is 0 Å². The first-order valence-electron chi connectivity index (χ1n) is 5.05. The highest BCUT2D eigenvalue weighted by molar-refractivity contribution is 6.29. The summed E-state index contributed by atoms with van der Waals surface area (Å²) in [6.45, 7) is 0.